The lowest BCUT2D eigenvalue weighted by molar-refractivity contribution is -0.138. The Bertz CT molecular complexity index is 1020. The summed E-state index contributed by atoms with van der Waals surface area (Å²) in [6.07, 6.45) is -2.60. The fourth-order valence-electron chi connectivity index (χ4n) is 3.48. The summed E-state index contributed by atoms with van der Waals surface area (Å²) in [7, 11) is 1.91. The molecule has 0 saturated carbocycles. The van der Waals surface area contributed by atoms with Gasteiger partial charge in [0.1, 0.15) is 0 Å². The highest BCUT2D eigenvalue weighted by Gasteiger charge is 2.35. The van der Waals surface area contributed by atoms with E-state index in [9.17, 15) is 13.2 Å². The molecule has 3 aromatic rings. The number of pyridine rings is 1. The topological polar surface area (TPSA) is 19.4 Å². The second-order valence-corrected chi connectivity index (χ2v) is 7.28. The van der Waals surface area contributed by atoms with Gasteiger partial charge in [-0.3, -0.25) is 4.98 Å². The minimum Gasteiger partial charge on any atom is -0.354 e. The van der Waals surface area contributed by atoms with E-state index < -0.39 is 11.7 Å². The highest BCUT2D eigenvalue weighted by Crippen LogP contribution is 2.46. The molecular formula is C19H15BrF3N3. The monoisotopic (exact) mass is 421 g/mol. The summed E-state index contributed by atoms with van der Waals surface area (Å²) in [4.78, 5) is 8.40. The van der Waals surface area contributed by atoms with Crippen LogP contribution < -0.4 is 9.80 Å². The van der Waals surface area contributed by atoms with Crippen molar-refractivity contribution < 1.29 is 13.2 Å². The molecule has 0 atom stereocenters. The van der Waals surface area contributed by atoms with E-state index in [1.54, 1.807) is 12.3 Å². The number of rotatable bonds is 1. The molecule has 0 saturated heterocycles. The van der Waals surface area contributed by atoms with E-state index in [1.807, 2.05) is 35.0 Å². The fourth-order valence-corrected chi connectivity index (χ4v) is 3.84. The largest absolute Gasteiger partial charge is 0.416 e. The number of hydrogen-bond acceptors (Lipinski definition) is 3. The van der Waals surface area contributed by atoms with E-state index >= 15 is 0 Å². The van der Waals surface area contributed by atoms with Crippen molar-refractivity contribution in [2.45, 2.75) is 13.1 Å². The number of alkyl halides is 3. The summed E-state index contributed by atoms with van der Waals surface area (Å²) < 4.78 is 40.9. The fraction of sp³-hybridized carbons (Fsp3) is 0.211. The Morgan fingerprint density at radius 1 is 1.12 bits per heavy atom. The summed E-state index contributed by atoms with van der Waals surface area (Å²) >= 11 is 3.48. The van der Waals surface area contributed by atoms with Crippen molar-refractivity contribution in [2.24, 2.45) is 0 Å². The van der Waals surface area contributed by atoms with Crippen LogP contribution in [0.4, 0.5) is 30.2 Å². The third-order valence-corrected chi connectivity index (χ3v) is 5.21. The summed E-state index contributed by atoms with van der Waals surface area (Å²) in [5, 5.41) is 0.901. The zero-order chi connectivity index (χ0) is 18.6. The van der Waals surface area contributed by atoms with Gasteiger partial charge in [0.2, 0.25) is 0 Å². The predicted octanol–water partition coefficient (Wildman–Crippen LogP) is 5.87. The molecular weight excluding hydrogens is 407 g/mol. The van der Waals surface area contributed by atoms with Crippen LogP contribution in [0.25, 0.3) is 10.9 Å². The van der Waals surface area contributed by atoms with Crippen molar-refractivity contribution in [3.63, 3.8) is 0 Å². The first kappa shape index (κ1) is 17.1. The molecule has 0 unspecified atom stereocenters. The number of benzene rings is 2. The zero-order valence-electron chi connectivity index (χ0n) is 14.1. The number of nitrogens with zero attached hydrogens (tertiary/aromatic N) is 3. The van der Waals surface area contributed by atoms with Crippen LogP contribution in [0.3, 0.4) is 0 Å². The number of fused-ring (bicyclic) bond motifs is 3. The lowest BCUT2D eigenvalue weighted by Crippen LogP contribution is -2.25. The van der Waals surface area contributed by atoms with E-state index in [1.165, 1.54) is 13.0 Å². The lowest BCUT2D eigenvalue weighted by atomic mass is 10.0. The third kappa shape index (κ3) is 2.61. The number of hydrogen-bond donors (Lipinski definition) is 0. The molecule has 2 heterocycles. The molecule has 0 bridgehead atoms. The molecule has 0 spiro atoms. The highest BCUT2D eigenvalue weighted by atomic mass is 79.9. The van der Waals surface area contributed by atoms with Crippen LogP contribution in [0, 0.1) is 6.92 Å². The predicted molar refractivity (Wildman–Crippen MR) is 101 cm³/mol. The Morgan fingerprint density at radius 2 is 1.88 bits per heavy atom. The van der Waals surface area contributed by atoms with Crippen LogP contribution >= 0.6 is 15.9 Å². The Hall–Kier alpha value is -2.28. The molecule has 134 valence electrons. The lowest BCUT2D eigenvalue weighted by Gasteiger charge is -2.24. The number of anilines is 3. The van der Waals surface area contributed by atoms with Crippen LogP contribution in [-0.2, 0) is 6.18 Å². The molecule has 0 N–H and O–H groups in total. The summed E-state index contributed by atoms with van der Waals surface area (Å²) in [6.45, 7) is 1.99. The molecule has 1 aromatic heterocycles. The van der Waals surface area contributed by atoms with Crippen LogP contribution in [0.5, 0.6) is 0 Å². The SMILES string of the molecule is Cc1c(N2CN(C)c3cnc4ccc(Br)cc4c32)cccc1C(F)(F)F. The van der Waals surface area contributed by atoms with Crippen LogP contribution in [-0.4, -0.2) is 18.7 Å². The highest BCUT2D eigenvalue weighted by molar-refractivity contribution is 9.10. The maximum atomic E-state index is 13.3. The maximum absolute atomic E-state index is 13.3. The first-order valence-corrected chi connectivity index (χ1v) is 8.80. The van der Waals surface area contributed by atoms with Gasteiger partial charge in [0.25, 0.3) is 0 Å². The Morgan fingerprint density at radius 3 is 2.62 bits per heavy atom. The van der Waals surface area contributed by atoms with Gasteiger partial charge >= 0.3 is 6.18 Å². The van der Waals surface area contributed by atoms with Crippen LogP contribution in [0.1, 0.15) is 11.1 Å². The minimum atomic E-state index is -4.38. The summed E-state index contributed by atoms with van der Waals surface area (Å²) in [5.41, 5.74) is 2.75. The minimum absolute atomic E-state index is 0.223. The maximum Gasteiger partial charge on any atom is 0.416 e. The first-order valence-electron chi connectivity index (χ1n) is 8.01. The first-order chi connectivity index (χ1) is 12.3. The van der Waals surface area contributed by atoms with Gasteiger partial charge in [0, 0.05) is 22.6 Å². The standard InChI is InChI=1S/C19H15BrF3N3/c1-11-14(19(21,22)23)4-3-5-16(11)26-10-25(2)17-9-24-15-7-6-12(20)8-13(15)18(17)26/h3-9H,10H2,1-2H3. The molecule has 0 radical (unpaired) electrons. The molecule has 2 aromatic carbocycles. The van der Waals surface area contributed by atoms with E-state index in [-0.39, 0.29) is 5.56 Å². The van der Waals surface area contributed by atoms with Crippen molar-refractivity contribution in [3.8, 4) is 0 Å². The number of aromatic nitrogens is 1. The van der Waals surface area contributed by atoms with Crippen LogP contribution in [0.2, 0.25) is 0 Å². The van der Waals surface area contributed by atoms with E-state index in [4.69, 9.17) is 0 Å². The Kier molecular flexibility index (Phi) is 3.87. The van der Waals surface area contributed by atoms with Crippen molar-refractivity contribution in [3.05, 3.63) is 58.2 Å². The van der Waals surface area contributed by atoms with Gasteiger partial charge in [-0.05, 0) is 42.8 Å². The molecule has 4 rings (SSSR count). The zero-order valence-corrected chi connectivity index (χ0v) is 15.7. The Balaban J connectivity index is 1.97. The van der Waals surface area contributed by atoms with Gasteiger partial charge in [-0.1, -0.05) is 22.0 Å². The third-order valence-electron chi connectivity index (χ3n) is 4.72. The van der Waals surface area contributed by atoms with Crippen molar-refractivity contribution >= 4 is 43.9 Å². The van der Waals surface area contributed by atoms with Gasteiger partial charge in [0.05, 0.1) is 35.3 Å². The van der Waals surface area contributed by atoms with Gasteiger partial charge in [-0.25, -0.2) is 0 Å². The second-order valence-electron chi connectivity index (χ2n) is 6.37. The molecule has 3 nitrogen and oxygen atoms in total. The number of halogens is 4. The average molecular weight is 422 g/mol. The molecule has 1 aliphatic rings. The molecule has 26 heavy (non-hydrogen) atoms. The van der Waals surface area contributed by atoms with Gasteiger partial charge in [-0.15, -0.1) is 0 Å². The van der Waals surface area contributed by atoms with Gasteiger partial charge in [-0.2, -0.15) is 13.2 Å². The molecule has 0 amide bonds. The second kappa shape index (κ2) is 5.87. The van der Waals surface area contributed by atoms with Gasteiger partial charge in [0.15, 0.2) is 0 Å². The molecule has 0 aliphatic carbocycles. The molecule has 7 heteroatoms. The van der Waals surface area contributed by atoms with Crippen LogP contribution in [0.15, 0.2) is 47.1 Å². The summed E-state index contributed by atoms with van der Waals surface area (Å²) in [5.74, 6) is 0. The Labute approximate surface area is 157 Å². The summed E-state index contributed by atoms with van der Waals surface area (Å²) in [6, 6.07) is 10.1. The molecule has 1 aliphatic heterocycles. The van der Waals surface area contributed by atoms with E-state index in [0.29, 0.717) is 12.4 Å². The van der Waals surface area contributed by atoms with E-state index in [0.717, 1.165) is 32.8 Å². The van der Waals surface area contributed by atoms with Gasteiger partial charge < -0.3 is 9.80 Å². The molecule has 0 fully saturated rings. The quantitative estimate of drug-likeness (QED) is 0.489. The van der Waals surface area contributed by atoms with E-state index in [2.05, 4.69) is 20.9 Å². The smallest absolute Gasteiger partial charge is 0.354 e. The van der Waals surface area contributed by atoms with Crippen molar-refractivity contribution in [2.75, 3.05) is 23.5 Å². The van der Waals surface area contributed by atoms with Crippen molar-refractivity contribution in [1.82, 2.24) is 4.98 Å². The average Bonchev–Trinajstić information content (AvgIpc) is 2.91. The van der Waals surface area contributed by atoms with Crippen molar-refractivity contribution in [1.29, 1.82) is 0 Å². The normalized spacial score (nSPS) is 14.2.